The van der Waals surface area contributed by atoms with Gasteiger partial charge >= 0.3 is 0 Å². The molecule has 0 bridgehead atoms. The summed E-state index contributed by atoms with van der Waals surface area (Å²) >= 11 is 0. The van der Waals surface area contributed by atoms with Gasteiger partial charge in [-0.15, -0.1) is 12.4 Å². The summed E-state index contributed by atoms with van der Waals surface area (Å²) < 4.78 is 5.31. The van der Waals surface area contributed by atoms with Crippen LogP contribution in [0.25, 0.3) is 10.9 Å². The highest BCUT2D eigenvalue weighted by Gasteiger charge is 2.07. The van der Waals surface area contributed by atoms with Crippen molar-refractivity contribution in [3.63, 3.8) is 0 Å². The molecule has 0 saturated carbocycles. The number of methoxy groups -OCH3 is 1. The van der Waals surface area contributed by atoms with Crippen molar-refractivity contribution >= 4 is 23.3 Å². The lowest BCUT2D eigenvalue weighted by Gasteiger charge is -2.03. The molecular weight excluding hydrogens is 212 g/mol. The van der Waals surface area contributed by atoms with E-state index >= 15 is 0 Å². The van der Waals surface area contributed by atoms with Crippen LogP contribution in [-0.4, -0.2) is 18.6 Å². The molecule has 0 radical (unpaired) electrons. The van der Waals surface area contributed by atoms with Crippen LogP contribution in [0, 0.1) is 0 Å². The van der Waals surface area contributed by atoms with Gasteiger partial charge in [0.15, 0.2) is 0 Å². The summed E-state index contributed by atoms with van der Waals surface area (Å²) in [5.41, 5.74) is 7.87. The number of rotatable bonds is 3. The van der Waals surface area contributed by atoms with Crippen molar-refractivity contribution in [1.29, 1.82) is 0 Å². The first-order valence-electron chi connectivity index (χ1n) is 4.70. The standard InChI is InChI=1S/C11H14N2O.ClH/c1-14-10-4-2-3-9-11(10)8(5-6-12)7-13-9;/h2-4,7,13H,5-6,12H2,1H3;1H. The van der Waals surface area contributed by atoms with Crippen molar-refractivity contribution in [2.75, 3.05) is 13.7 Å². The number of halogens is 1. The molecule has 2 rings (SSSR count). The number of hydrogen-bond donors (Lipinski definition) is 2. The topological polar surface area (TPSA) is 51.0 Å². The number of nitrogens with one attached hydrogen (secondary N) is 1. The van der Waals surface area contributed by atoms with Gasteiger partial charge in [0.25, 0.3) is 0 Å². The molecule has 3 nitrogen and oxygen atoms in total. The molecule has 1 aromatic carbocycles. The Kier molecular flexibility index (Phi) is 4.00. The zero-order valence-corrected chi connectivity index (χ0v) is 9.43. The lowest BCUT2D eigenvalue weighted by atomic mass is 10.1. The highest BCUT2D eigenvalue weighted by atomic mass is 35.5. The summed E-state index contributed by atoms with van der Waals surface area (Å²) in [4.78, 5) is 3.21. The van der Waals surface area contributed by atoms with Crippen LogP contribution in [0.5, 0.6) is 5.75 Å². The largest absolute Gasteiger partial charge is 0.496 e. The summed E-state index contributed by atoms with van der Waals surface area (Å²) in [6.45, 7) is 0.658. The molecule has 1 aromatic heterocycles. The number of fused-ring (bicyclic) bond motifs is 1. The van der Waals surface area contributed by atoms with Gasteiger partial charge in [-0.3, -0.25) is 0 Å². The zero-order valence-electron chi connectivity index (χ0n) is 8.62. The molecule has 0 aliphatic heterocycles. The van der Waals surface area contributed by atoms with E-state index in [9.17, 15) is 0 Å². The van der Waals surface area contributed by atoms with E-state index in [4.69, 9.17) is 10.5 Å². The lowest BCUT2D eigenvalue weighted by molar-refractivity contribution is 0.419. The van der Waals surface area contributed by atoms with E-state index in [1.807, 2.05) is 24.4 Å². The molecule has 2 aromatic rings. The van der Waals surface area contributed by atoms with Crippen LogP contribution < -0.4 is 10.5 Å². The van der Waals surface area contributed by atoms with Gasteiger partial charge in [0.05, 0.1) is 7.11 Å². The average molecular weight is 227 g/mol. The van der Waals surface area contributed by atoms with Gasteiger partial charge in [0.2, 0.25) is 0 Å². The summed E-state index contributed by atoms with van der Waals surface area (Å²) in [5, 5.41) is 1.15. The van der Waals surface area contributed by atoms with E-state index in [2.05, 4.69) is 4.98 Å². The molecule has 0 amide bonds. The van der Waals surface area contributed by atoms with Crippen molar-refractivity contribution in [1.82, 2.24) is 4.98 Å². The molecule has 0 fully saturated rings. The molecule has 0 aliphatic carbocycles. The number of aromatic amines is 1. The highest BCUT2D eigenvalue weighted by Crippen LogP contribution is 2.28. The second-order valence-electron chi connectivity index (χ2n) is 3.24. The van der Waals surface area contributed by atoms with Crippen molar-refractivity contribution in [2.24, 2.45) is 5.73 Å². The van der Waals surface area contributed by atoms with Crippen LogP contribution in [0.3, 0.4) is 0 Å². The van der Waals surface area contributed by atoms with Gasteiger partial charge in [-0.05, 0) is 30.7 Å². The average Bonchev–Trinajstić information content (AvgIpc) is 2.62. The SMILES string of the molecule is COc1cccc2[nH]cc(CCN)c12.Cl. The van der Waals surface area contributed by atoms with Gasteiger partial charge in [0.1, 0.15) is 5.75 Å². The van der Waals surface area contributed by atoms with Crippen LogP contribution in [-0.2, 0) is 6.42 Å². The third-order valence-corrected chi connectivity index (χ3v) is 2.38. The molecule has 0 aliphatic rings. The van der Waals surface area contributed by atoms with Gasteiger partial charge < -0.3 is 15.5 Å². The second-order valence-corrected chi connectivity index (χ2v) is 3.24. The maximum Gasteiger partial charge on any atom is 0.128 e. The van der Waals surface area contributed by atoms with Crippen molar-refractivity contribution in [2.45, 2.75) is 6.42 Å². The molecule has 0 unspecified atom stereocenters. The minimum atomic E-state index is 0. The number of hydrogen-bond acceptors (Lipinski definition) is 2. The Morgan fingerprint density at radius 1 is 1.40 bits per heavy atom. The van der Waals surface area contributed by atoms with Gasteiger partial charge in [0, 0.05) is 17.1 Å². The Morgan fingerprint density at radius 3 is 2.87 bits per heavy atom. The first kappa shape index (κ1) is 11.9. The van der Waals surface area contributed by atoms with E-state index < -0.39 is 0 Å². The van der Waals surface area contributed by atoms with Crippen LogP contribution in [0.1, 0.15) is 5.56 Å². The Bertz CT molecular complexity index is 439. The zero-order chi connectivity index (χ0) is 9.97. The minimum absolute atomic E-state index is 0. The third kappa shape index (κ3) is 2.08. The molecule has 0 atom stereocenters. The highest BCUT2D eigenvalue weighted by molar-refractivity contribution is 5.89. The van der Waals surface area contributed by atoms with E-state index in [1.54, 1.807) is 7.11 Å². The molecule has 0 saturated heterocycles. The van der Waals surface area contributed by atoms with Crippen LogP contribution in [0.4, 0.5) is 0 Å². The van der Waals surface area contributed by atoms with Crippen molar-refractivity contribution in [3.05, 3.63) is 30.0 Å². The Labute approximate surface area is 95.0 Å². The monoisotopic (exact) mass is 226 g/mol. The first-order valence-corrected chi connectivity index (χ1v) is 4.70. The van der Waals surface area contributed by atoms with Crippen LogP contribution in [0.15, 0.2) is 24.4 Å². The van der Waals surface area contributed by atoms with Crippen molar-refractivity contribution < 1.29 is 4.74 Å². The van der Waals surface area contributed by atoms with E-state index in [1.165, 1.54) is 5.56 Å². The molecule has 0 spiro atoms. The number of nitrogens with two attached hydrogens (primary N) is 1. The summed E-state index contributed by atoms with van der Waals surface area (Å²) in [7, 11) is 1.69. The Hall–Kier alpha value is -1.19. The summed E-state index contributed by atoms with van der Waals surface area (Å²) in [6, 6.07) is 5.98. The molecular formula is C11H15ClN2O. The number of benzene rings is 1. The lowest BCUT2D eigenvalue weighted by Crippen LogP contribution is -2.02. The molecule has 82 valence electrons. The Morgan fingerprint density at radius 2 is 2.20 bits per heavy atom. The number of ether oxygens (including phenoxy) is 1. The molecule has 3 N–H and O–H groups in total. The van der Waals surface area contributed by atoms with Crippen LogP contribution >= 0.6 is 12.4 Å². The number of aromatic nitrogens is 1. The van der Waals surface area contributed by atoms with E-state index in [0.29, 0.717) is 6.54 Å². The number of H-pyrrole nitrogens is 1. The maximum atomic E-state index is 5.55. The fourth-order valence-corrected chi connectivity index (χ4v) is 1.74. The van der Waals surface area contributed by atoms with Gasteiger partial charge in [-0.25, -0.2) is 0 Å². The predicted molar refractivity (Wildman–Crippen MR) is 64.9 cm³/mol. The van der Waals surface area contributed by atoms with E-state index in [-0.39, 0.29) is 12.4 Å². The first-order chi connectivity index (χ1) is 6.86. The molecule has 15 heavy (non-hydrogen) atoms. The quantitative estimate of drug-likeness (QED) is 0.842. The third-order valence-electron chi connectivity index (χ3n) is 2.38. The Balaban J connectivity index is 0.00000112. The molecule has 4 heteroatoms. The van der Waals surface area contributed by atoms with Crippen LogP contribution in [0.2, 0.25) is 0 Å². The van der Waals surface area contributed by atoms with E-state index in [0.717, 1.165) is 23.1 Å². The van der Waals surface area contributed by atoms with Crippen molar-refractivity contribution in [3.8, 4) is 5.75 Å². The smallest absolute Gasteiger partial charge is 0.128 e. The fourth-order valence-electron chi connectivity index (χ4n) is 1.74. The normalized spacial score (nSPS) is 10.0. The summed E-state index contributed by atoms with van der Waals surface area (Å²) in [5.74, 6) is 0.909. The molecule has 1 heterocycles. The fraction of sp³-hybridized carbons (Fsp3) is 0.273. The van der Waals surface area contributed by atoms with Gasteiger partial charge in [-0.2, -0.15) is 0 Å². The maximum absolute atomic E-state index is 5.55. The predicted octanol–water partition coefficient (Wildman–Crippen LogP) is 2.10. The van der Waals surface area contributed by atoms with Gasteiger partial charge in [-0.1, -0.05) is 6.07 Å². The minimum Gasteiger partial charge on any atom is -0.496 e. The second kappa shape index (κ2) is 5.05. The summed E-state index contributed by atoms with van der Waals surface area (Å²) in [6.07, 6.45) is 2.88.